The first-order valence-electron chi connectivity index (χ1n) is 7.30. The molecule has 22 heavy (non-hydrogen) atoms. The second kappa shape index (κ2) is 5.81. The van der Waals surface area contributed by atoms with E-state index in [1.165, 1.54) is 12.6 Å². The Kier molecular flexibility index (Phi) is 4.00. The van der Waals surface area contributed by atoms with E-state index in [4.69, 9.17) is 0 Å². The van der Waals surface area contributed by atoms with Gasteiger partial charge in [-0.2, -0.15) is 5.10 Å². The van der Waals surface area contributed by atoms with Crippen molar-refractivity contribution in [1.82, 2.24) is 24.5 Å². The Morgan fingerprint density at radius 1 is 1.36 bits per heavy atom. The summed E-state index contributed by atoms with van der Waals surface area (Å²) >= 11 is 0. The highest BCUT2D eigenvalue weighted by Gasteiger charge is 2.26. The molecule has 0 aromatic carbocycles. The molecule has 8 nitrogen and oxygen atoms in total. The molecule has 0 spiro atoms. The maximum Gasteiger partial charge on any atom is 0.208 e. The molecule has 1 atom stereocenters. The van der Waals surface area contributed by atoms with Crippen molar-refractivity contribution in [2.24, 2.45) is 7.05 Å². The molecule has 0 amide bonds. The van der Waals surface area contributed by atoms with Crippen LogP contribution in [0, 0.1) is 0 Å². The number of nitrogens with one attached hydrogen (secondary N) is 1. The Hall–Kier alpha value is -1.74. The van der Waals surface area contributed by atoms with Crippen LogP contribution < -0.4 is 9.62 Å². The Morgan fingerprint density at radius 3 is 2.95 bits per heavy atom. The minimum absolute atomic E-state index is 0.0989. The van der Waals surface area contributed by atoms with Crippen LogP contribution >= 0.6 is 0 Å². The van der Waals surface area contributed by atoms with Crippen molar-refractivity contribution in [1.29, 1.82) is 0 Å². The third-order valence-electron chi connectivity index (χ3n) is 3.99. The predicted molar refractivity (Wildman–Crippen MR) is 84.1 cm³/mol. The third kappa shape index (κ3) is 3.05. The van der Waals surface area contributed by atoms with Crippen molar-refractivity contribution >= 4 is 26.9 Å². The molecule has 2 aromatic heterocycles. The van der Waals surface area contributed by atoms with E-state index in [1.807, 2.05) is 7.05 Å². The average molecular weight is 324 g/mol. The molecule has 1 N–H and O–H groups in total. The van der Waals surface area contributed by atoms with Crippen LogP contribution in [-0.4, -0.2) is 53.6 Å². The van der Waals surface area contributed by atoms with E-state index >= 15 is 0 Å². The van der Waals surface area contributed by atoms with Crippen molar-refractivity contribution in [3.8, 4) is 0 Å². The van der Waals surface area contributed by atoms with E-state index in [0.717, 1.165) is 42.7 Å². The first kappa shape index (κ1) is 15.2. The van der Waals surface area contributed by atoms with Crippen LogP contribution in [0.4, 0.5) is 5.82 Å². The maximum atomic E-state index is 11.4. The first-order chi connectivity index (χ1) is 10.5. The van der Waals surface area contributed by atoms with Gasteiger partial charge in [-0.25, -0.2) is 23.1 Å². The number of sulfonamides is 1. The Balaban J connectivity index is 1.92. The Labute approximate surface area is 129 Å². The lowest BCUT2D eigenvalue weighted by molar-refractivity contribution is 0.451. The second-order valence-corrected chi connectivity index (χ2v) is 7.50. The zero-order valence-corrected chi connectivity index (χ0v) is 13.5. The smallest absolute Gasteiger partial charge is 0.208 e. The number of hydrogen-bond donors (Lipinski definition) is 1. The fourth-order valence-electron chi connectivity index (χ4n) is 2.92. The number of anilines is 1. The van der Waals surface area contributed by atoms with Crippen LogP contribution in [0.25, 0.3) is 11.0 Å². The lowest BCUT2D eigenvalue weighted by Gasteiger charge is -2.36. The molecule has 0 bridgehead atoms. The van der Waals surface area contributed by atoms with Crippen LogP contribution in [0.5, 0.6) is 0 Å². The molecule has 9 heteroatoms. The lowest BCUT2D eigenvalue weighted by Crippen LogP contribution is -2.47. The lowest BCUT2D eigenvalue weighted by atomic mass is 10.0. The highest BCUT2D eigenvalue weighted by molar-refractivity contribution is 7.88. The van der Waals surface area contributed by atoms with Crippen molar-refractivity contribution < 1.29 is 8.42 Å². The summed E-state index contributed by atoms with van der Waals surface area (Å²) in [6.45, 7) is 1.25. The highest BCUT2D eigenvalue weighted by atomic mass is 32.2. The summed E-state index contributed by atoms with van der Waals surface area (Å²) in [5.41, 5.74) is 0.783. The van der Waals surface area contributed by atoms with Gasteiger partial charge in [0, 0.05) is 26.2 Å². The van der Waals surface area contributed by atoms with E-state index in [9.17, 15) is 8.42 Å². The minimum Gasteiger partial charge on any atom is -0.352 e. The molecule has 2 aromatic rings. The molecule has 1 saturated heterocycles. The van der Waals surface area contributed by atoms with Gasteiger partial charge < -0.3 is 4.90 Å². The van der Waals surface area contributed by atoms with Crippen molar-refractivity contribution in [3.05, 3.63) is 12.5 Å². The SMILES string of the molecule is Cn1ncc2c(N3CCCC[C@H]3CNS(C)(=O)=O)ncnc21. The molecule has 3 rings (SSSR count). The van der Waals surface area contributed by atoms with Gasteiger partial charge in [0.1, 0.15) is 12.1 Å². The van der Waals surface area contributed by atoms with Gasteiger partial charge in [0.15, 0.2) is 5.65 Å². The molecule has 0 unspecified atom stereocenters. The zero-order chi connectivity index (χ0) is 15.7. The summed E-state index contributed by atoms with van der Waals surface area (Å²) in [5, 5.41) is 5.14. The summed E-state index contributed by atoms with van der Waals surface area (Å²) in [4.78, 5) is 10.9. The topological polar surface area (TPSA) is 93.0 Å². The summed E-state index contributed by atoms with van der Waals surface area (Å²) in [5.74, 6) is 0.832. The summed E-state index contributed by atoms with van der Waals surface area (Å²) in [7, 11) is -1.35. The monoisotopic (exact) mass is 324 g/mol. The van der Waals surface area contributed by atoms with E-state index < -0.39 is 10.0 Å². The largest absolute Gasteiger partial charge is 0.352 e. The Morgan fingerprint density at radius 2 is 2.18 bits per heavy atom. The highest BCUT2D eigenvalue weighted by Crippen LogP contribution is 2.28. The summed E-state index contributed by atoms with van der Waals surface area (Å²) < 4.78 is 27.1. The fourth-order valence-corrected chi connectivity index (χ4v) is 3.41. The summed E-state index contributed by atoms with van der Waals surface area (Å²) in [6.07, 6.45) is 7.59. The van der Waals surface area contributed by atoms with Gasteiger partial charge in [-0.15, -0.1) is 0 Å². The molecule has 1 fully saturated rings. The van der Waals surface area contributed by atoms with E-state index in [0.29, 0.717) is 6.54 Å². The van der Waals surface area contributed by atoms with Crippen LogP contribution in [0.1, 0.15) is 19.3 Å². The molecule has 1 aliphatic heterocycles. The number of rotatable bonds is 4. The third-order valence-corrected chi connectivity index (χ3v) is 4.68. The van der Waals surface area contributed by atoms with Crippen LogP contribution in [0.15, 0.2) is 12.5 Å². The van der Waals surface area contributed by atoms with Gasteiger partial charge in [0.05, 0.1) is 17.8 Å². The maximum absolute atomic E-state index is 11.4. The molecule has 120 valence electrons. The van der Waals surface area contributed by atoms with Gasteiger partial charge in [-0.1, -0.05) is 0 Å². The number of fused-ring (bicyclic) bond motifs is 1. The normalized spacial score (nSPS) is 19.7. The van der Waals surface area contributed by atoms with Gasteiger partial charge in [0.2, 0.25) is 10.0 Å². The minimum atomic E-state index is -3.19. The van der Waals surface area contributed by atoms with Crippen LogP contribution in [0.3, 0.4) is 0 Å². The Bertz CT molecular complexity index is 772. The van der Waals surface area contributed by atoms with Gasteiger partial charge >= 0.3 is 0 Å². The number of aryl methyl sites for hydroxylation is 1. The first-order valence-corrected chi connectivity index (χ1v) is 9.19. The fraction of sp³-hybridized carbons (Fsp3) is 0.615. The van der Waals surface area contributed by atoms with Crippen molar-refractivity contribution in [2.45, 2.75) is 25.3 Å². The predicted octanol–water partition coefficient (Wildman–Crippen LogP) is 0.271. The standard InChI is InChI=1S/C13H20N6O2S/c1-18-12-11(8-16-18)13(15-9-14-12)19-6-4-3-5-10(19)7-17-22(2,20)21/h8-10,17H,3-7H2,1-2H3/t10-/m0/s1. The van der Waals surface area contributed by atoms with E-state index in [-0.39, 0.29) is 6.04 Å². The molecular formula is C13H20N6O2S. The molecule has 0 aliphatic carbocycles. The molecule has 1 aliphatic rings. The summed E-state index contributed by atoms with van der Waals surface area (Å²) in [6, 6.07) is 0.0989. The molecular weight excluding hydrogens is 304 g/mol. The van der Waals surface area contributed by atoms with Crippen LogP contribution in [0.2, 0.25) is 0 Å². The quantitative estimate of drug-likeness (QED) is 0.868. The number of hydrogen-bond acceptors (Lipinski definition) is 6. The van der Waals surface area contributed by atoms with Gasteiger partial charge in [0.25, 0.3) is 0 Å². The zero-order valence-electron chi connectivity index (χ0n) is 12.7. The van der Waals surface area contributed by atoms with Crippen LogP contribution in [-0.2, 0) is 17.1 Å². The van der Waals surface area contributed by atoms with Crippen molar-refractivity contribution in [2.75, 3.05) is 24.2 Å². The number of aromatic nitrogens is 4. The molecule has 0 radical (unpaired) electrons. The second-order valence-electron chi connectivity index (χ2n) is 5.67. The number of piperidine rings is 1. The van der Waals surface area contributed by atoms with E-state index in [1.54, 1.807) is 10.9 Å². The van der Waals surface area contributed by atoms with Crippen molar-refractivity contribution in [3.63, 3.8) is 0 Å². The number of nitrogens with zero attached hydrogens (tertiary/aromatic N) is 5. The molecule has 0 saturated carbocycles. The molecule has 3 heterocycles. The van der Waals surface area contributed by atoms with Gasteiger partial charge in [-0.3, -0.25) is 4.68 Å². The average Bonchev–Trinajstić information content (AvgIpc) is 2.87. The van der Waals surface area contributed by atoms with E-state index in [2.05, 4.69) is 24.7 Å². The van der Waals surface area contributed by atoms with Gasteiger partial charge in [-0.05, 0) is 19.3 Å².